The number of phenols is 1. The molecule has 0 aliphatic heterocycles. The first-order chi connectivity index (χ1) is 9.11. The first-order valence-corrected chi connectivity index (χ1v) is 5.72. The summed E-state index contributed by atoms with van der Waals surface area (Å²) in [6.45, 7) is 1.84. The number of nitrogens with zero attached hydrogens (tertiary/aromatic N) is 1. The lowest BCUT2D eigenvalue weighted by Gasteiger charge is -2.11. The number of aromatic nitrogens is 1. The Labute approximate surface area is 110 Å². The van der Waals surface area contributed by atoms with Crippen molar-refractivity contribution < 1.29 is 14.6 Å². The topological polar surface area (TPSA) is 71.5 Å². The number of carbonyl (C=O) groups excluding carboxylic acids is 1. The minimum atomic E-state index is -0.354. The molecule has 0 saturated heterocycles. The fourth-order valence-corrected chi connectivity index (χ4v) is 1.60. The Kier molecular flexibility index (Phi) is 3.66. The van der Waals surface area contributed by atoms with Crippen molar-refractivity contribution in [2.45, 2.75) is 6.92 Å². The van der Waals surface area contributed by atoms with Crippen molar-refractivity contribution in [1.82, 2.24) is 4.98 Å². The number of anilines is 1. The molecule has 0 fully saturated rings. The Morgan fingerprint density at radius 1 is 1.32 bits per heavy atom. The van der Waals surface area contributed by atoms with Crippen LogP contribution in [0.5, 0.6) is 11.5 Å². The molecule has 0 aliphatic carbocycles. The van der Waals surface area contributed by atoms with Crippen molar-refractivity contribution in [3.63, 3.8) is 0 Å². The summed E-state index contributed by atoms with van der Waals surface area (Å²) in [5.74, 6) is -0.00603. The average Bonchev–Trinajstić information content (AvgIpc) is 2.41. The molecule has 2 aromatic rings. The number of aromatic hydroxyl groups is 1. The second kappa shape index (κ2) is 5.39. The number of pyridine rings is 1. The highest BCUT2D eigenvalue weighted by Crippen LogP contribution is 2.33. The third kappa shape index (κ3) is 2.82. The van der Waals surface area contributed by atoms with Gasteiger partial charge in [0.05, 0.1) is 12.7 Å². The number of nitrogens with one attached hydrogen (secondary N) is 1. The number of hydrogen-bond donors (Lipinski definition) is 2. The van der Waals surface area contributed by atoms with E-state index in [0.717, 1.165) is 5.69 Å². The summed E-state index contributed by atoms with van der Waals surface area (Å²) in [6.07, 6.45) is 1.48. The lowest BCUT2D eigenvalue weighted by atomic mass is 10.2. The fraction of sp³-hybridized carbons (Fsp3) is 0.143. The Morgan fingerprint density at radius 2 is 2.11 bits per heavy atom. The number of para-hydroxylation sites is 1. The van der Waals surface area contributed by atoms with Crippen molar-refractivity contribution >= 4 is 11.6 Å². The zero-order valence-corrected chi connectivity index (χ0v) is 10.7. The molecule has 0 atom stereocenters. The number of hydrogen-bond acceptors (Lipinski definition) is 4. The van der Waals surface area contributed by atoms with Gasteiger partial charge in [-0.3, -0.25) is 9.78 Å². The van der Waals surface area contributed by atoms with Gasteiger partial charge in [0.2, 0.25) is 0 Å². The van der Waals surface area contributed by atoms with E-state index < -0.39 is 0 Å². The lowest BCUT2D eigenvalue weighted by molar-refractivity contribution is 0.102. The van der Waals surface area contributed by atoms with Gasteiger partial charge in [0, 0.05) is 11.9 Å². The molecule has 1 aromatic carbocycles. The molecule has 19 heavy (non-hydrogen) atoms. The number of rotatable bonds is 3. The highest BCUT2D eigenvalue weighted by Gasteiger charge is 2.13. The van der Waals surface area contributed by atoms with E-state index in [4.69, 9.17) is 4.74 Å². The van der Waals surface area contributed by atoms with Gasteiger partial charge < -0.3 is 15.2 Å². The maximum atomic E-state index is 12.0. The third-order valence-electron chi connectivity index (χ3n) is 2.64. The molecule has 1 aromatic heterocycles. The molecule has 0 aliphatic rings. The van der Waals surface area contributed by atoms with E-state index in [1.54, 1.807) is 24.3 Å². The predicted molar refractivity (Wildman–Crippen MR) is 71.6 cm³/mol. The van der Waals surface area contributed by atoms with E-state index in [9.17, 15) is 9.90 Å². The SMILES string of the molecule is COc1cccc(O)c1NC(=O)c1ccc(C)nc1. The van der Waals surface area contributed by atoms with Crippen LogP contribution in [0.15, 0.2) is 36.5 Å². The van der Waals surface area contributed by atoms with Crippen LogP contribution in [0, 0.1) is 6.92 Å². The molecule has 98 valence electrons. The van der Waals surface area contributed by atoms with Gasteiger partial charge in [0.15, 0.2) is 0 Å². The number of amides is 1. The molecule has 0 spiro atoms. The van der Waals surface area contributed by atoms with Crippen molar-refractivity contribution in [3.05, 3.63) is 47.8 Å². The van der Waals surface area contributed by atoms with Crippen LogP contribution in [-0.4, -0.2) is 23.1 Å². The van der Waals surface area contributed by atoms with Crippen LogP contribution in [0.25, 0.3) is 0 Å². The van der Waals surface area contributed by atoms with Crippen LogP contribution in [0.1, 0.15) is 16.1 Å². The number of phenolic OH excluding ortho intramolecular Hbond substituents is 1. The summed E-state index contributed by atoms with van der Waals surface area (Å²) >= 11 is 0. The number of carbonyl (C=O) groups is 1. The Balaban J connectivity index is 2.26. The summed E-state index contributed by atoms with van der Waals surface area (Å²) in [4.78, 5) is 16.1. The van der Waals surface area contributed by atoms with Gasteiger partial charge in [-0.2, -0.15) is 0 Å². The molecule has 0 radical (unpaired) electrons. The molecule has 1 heterocycles. The highest BCUT2D eigenvalue weighted by molar-refractivity contribution is 6.05. The highest BCUT2D eigenvalue weighted by atomic mass is 16.5. The molecular formula is C14H14N2O3. The lowest BCUT2D eigenvalue weighted by Crippen LogP contribution is -2.13. The quantitative estimate of drug-likeness (QED) is 0.829. The smallest absolute Gasteiger partial charge is 0.257 e. The zero-order chi connectivity index (χ0) is 13.8. The number of methoxy groups -OCH3 is 1. The van der Waals surface area contributed by atoms with Crippen LogP contribution in [-0.2, 0) is 0 Å². The molecule has 5 nitrogen and oxygen atoms in total. The van der Waals surface area contributed by atoms with Gasteiger partial charge in [-0.15, -0.1) is 0 Å². The van der Waals surface area contributed by atoms with E-state index in [2.05, 4.69) is 10.3 Å². The van der Waals surface area contributed by atoms with E-state index >= 15 is 0 Å². The molecule has 0 bridgehead atoms. The number of benzene rings is 1. The minimum Gasteiger partial charge on any atom is -0.506 e. The molecule has 2 N–H and O–H groups in total. The third-order valence-corrected chi connectivity index (χ3v) is 2.64. The second-order valence-corrected chi connectivity index (χ2v) is 4.00. The monoisotopic (exact) mass is 258 g/mol. The normalized spacial score (nSPS) is 10.0. The van der Waals surface area contributed by atoms with Crippen molar-refractivity contribution in [2.24, 2.45) is 0 Å². The van der Waals surface area contributed by atoms with Crippen molar-refractivity contribution in [2.75, 3.05) is 12.4 Å². The predicted octanol–water partition coefficient (Wildman–Crippen LogP) is 2.36. The number of aryl methyl sites for hydroxylation is 1. The van der Waals surface area contributed by atoms with Crippen molar-refractivity contribution in [3.8, 4) is 11.5 Å². The van der Waals surface area contributed by atoms with Gasteiger partial charge in [0.1, 0.15) is 17.2 Å². The molecule has 1 amide bonds. The van der Waals surface area contributed by atoms with Crippen LogP contribution in [0.4, 0.5) is 5.69 Å². The molecule has 0 unspecified atom stereocenters. The first-order valence-electron chi connectivity index (χ1n) is 5.72. The van der Waals surface area contributed by atoms with Crippen molar-refractivity contribution in [1.29, 1.82) is 0 Å². The molecular weight excluding hydrogens is 244 g/mol. The largest absolute Gasteiger partial charge is 0.506 e. The van der Waals surface area contributed by atoms with Gasteiger partial charge in [-0.05, 0) is 31.2 Å². The Hall–Kier alpha value is -2.56. The first kappa shape index (κ1) is 12.9. The van der Waals surface area contributed by atoms with Crippen LogP contribution >= 0.6 is 0 Å². The summed E-state index contributed by atoms with van der Waals surface area (Å²) in [5.41, 5.74) is 1.49. The maximum absolute atomic E-state index is 12.0. The molecule has 5 heteroatoms. The Morgan fingerprint density at radius 3 is 2.74 bits per heavy atom. The fourth-order valence-electron chi connectivity index (χ4n) is 1.60. The van der Waals surface area contributed by atoms with Gasteiger partial charge in [-0.25, -0.2) is 0 Å². The van der Waals surface area contributed by atoms with Crippen LogP contribution < -0.4 is 10.1 Å². The zero-order valence-electron chi connectivity index (χ0n) is 10.7. The van der Waals surface area contributed by atoms with Crippen LogP contribution in [0.2, 0.25) is 0 Å². The number of ether oxygens (including phenoxy) is 1. The van der Waals surface area contributed by atoms with Gasteiger partial charge in [-0.1, -0.05) is 6.07 Å². The van der Waals surface area contributed by atoms with E-state index in [0.29, 0.717) is 11.3 Å². The summed E-state index contributed by atoms with van der Waals surface area (Å²) in [7, 11) is 1.47. The molecule has 2 rings (SSSR count). The van der Waals surface area contributed by atoms with E-state index in [1.165, 1.54) is 19.4 Å². The van der Waals surface area contributed by atoms with E-state index in [1.807, 2.05) is 6.92 Å². The average molecular weight is 258 g/mol. The van der Waals surface area contributed by atoms with Gasteiger partial charge in [0.25, 0.3) is 5.91 Å². The summed E-state index contributed by atoms with van der Waals surface area (Å²) in [6, 6.07) is 8.19. The molecule has 0 saturated carbocycles. The Bertz CT molecular complexity index is 594. The minimum absolute atomic E-state index is 0.0484. The van der Waals surface area contributed by atoms with E-state index in [-0.39, 0.29) is 17.3 Å². The maximum Gasteiger partial charge on any atom is 0.257 e. The van der Waals surface area contributed by atoms with Gasteiger partial charge >= 0.3 is 0 Å². The summed E-state index contributed by atoms with van der Waals surface area (Å²) in [5, 5.41) is 12.4. The standard InChI is InChI=1S/C14H14N2O3/c1-9-6-7-10(8-15-9)14(18)16-13-11(17)4-3-5-12(13)19-2/h3-8,17H,1-2H3,(H,16,18). The second-order valence-electron chi connectivity index (χ2n) is 4.00. The van der Waals surface area contributed by atoms with Crippen LogP contribution in [0.3, 0.4) is 0 Å². The summed E-state index contributed by atoms with van der Waals surface area (Å²) < 4.78 is 5.09.